The molecule has 0 aliphatic carbocycles. The summed E-state index contributed by atoms with van der Waals surface area (Å²) in [5.74, 6) is 0. The molecule has 3 N–H and O–H groups in total. The van der Waals surface area contributed by atoms with Crippen molar-refractivity contribution in [2.45, 2.75) is 13.0 Å². The first-order chi connectivity index (χ1) is 6.99. The molecule has 0 bridgehead atoms. The highest BCUT2D eigenvalue weighted by Crippen LogP contribution is 2.23. The number of likely N-dealkylation sites (N-methyl/N-ethyl adjacent to an activating group) is 1. The topological polar surface area (TPSA) is 41.3 Å². The molecule has 1 aromatic rings. The second-order valence-corrected chi connectivity index (χ2v) is 4.95. The number of nitrogens with one attached hydrogen (secondary N) is 1. The van der Waals surface area contributed by atoms with E-state index in [1.54, 1.807) is 0 Å². The van der Waals surface area contributed by atoms with Crippen LogP contribution in [-0.2, 0) is 0 Å². The van der Waals surface area contributed by atoms with Gasteiger partial charge in [-0.15, -0.1) is 0 Å². The number of hydrogen-bond donors (Lipinski definition) is 2. The van der Waals surface area contributed by atoms with Gasteiger partial charge in [0.2, 0.25) is 0 Å². The van der Waals surface area contributed by atoms with Gasteiger partial charge in [0, 0.05) is 17.1 Å². The highest BCUT2D eigenvalue weighted by molar-refractivity contribution is 9.10. The molecule has 15 heavy (non-hydrogen) atoms. The van der Waals surface area contributed by atoms with E-state index in [-0.39, 0.29) is 0 Å². The van der Waals surface area contributed by atoms with Crippen LogP contribution < -0.4 is 11.1 Å². The standard InChI is InChI=1S/C11H18BrN3/c1-8(7-15(2)3)14-11-5-4-9(12)6-10(11)13/h4-6,8,14H,7,13H2,1-3H3. The molecule has 1 rings (SSSR count). The van der Waals surface area contributed by atoms with Crippen molar-refractivity contribution in [3.63, 3.8) is 0 Å². The van der Waals surface area contributed by atoms with Gasteiger partial charge in [-0.3, -0.25) is 0 Å². The molecule has 0 fully saturated rings. The lowest BCUT2D eigenvalue weighted by atomic mass is 10.2. The Kier molecular flexibility index (Phi) is 4.42. The van der Waals surface area contributed by atoms with E-state index >= 15 is 0 Å². The molecule has 0 heterocycles. The predicted molar refractivity (Wildman–Crippen MR) is 70.2 cm³/mol. The zero-order valence-electron chi connectivity index (χ0n) is 9.42. The SMILES string of the molecule is CC(CN(C)C)Nc1ccc(Br)cc1N. The first-order valence-corrected chi connectivity index (χ1v) is 5.74. The summed E-state index contributed by atoms with van der Waals surface area (Å²) in [4.78, 5) is 2.15. The lowest BCUT2D eigenvalue weighted by Crippen LogP contribution is -2.29. The van der Waals surface area contributed by atoms with Crippen LogP contribution in [-0.4, -0.2) is 31.6 Å². The summed E-state index contributed by atoms with van der Waals surface area (Å²) in [6.45, 7) is 3.12. The van der Waals surface area contributed by atoms with Gasteiger partial charge in [0.15, 0.2) is 0 Å². The monoisotopic (exact) mass is 271 g/mol. The second kappa shape index (κ2) is 5.37. The van der Waals surface area contributed by atoms with Crippen molar-refractivity contribution in [1.82, 2.24) is 4.90 Å². The molecular weight excluding hydrogens is 254 g/mol. The average Bonchev–Trinajstić information content (AvgIpc) is 2.08. The molecule has 1 atom stereocenters. The number of benzene rings is 1. The van der Waals surface area contributed by atoms with Crippen molar-refractivity contribution in [3.05, 3.63) is 22.7 Å². The van der Waals surface area contributed by atoms with Gasteiger partial charge in [0.1, 0.15) is 0 Å². The average molecular weight is 272 g/mol. The molecule has 0 amide bonds. The van der Waals surface area contributed by atoms with E-state index in [2.05, 4.69) is 47.2 Å². The lowest BCUT2D eigenvalue weighted by Gasteiger charge is -2.20. The molecular formula is C11H18BrN3. The minimum Gasteiger partial charge on any atom is -0.397 e. The van der Waals surface area contributed by atoms with Crippen molar-refractivity contribution in [2.24, 2.45) is 0 Å². The smallest absolute Gasteiger partial charge is 0.0577 e. The van der Waals surface area contributed by atoms with Crippen molar-refractivity contribution in [2.75, 3.05) is 31.7 Å². The minimum absolute atomic E-state index is 0.378. The van der Waals surface area contributed by atoms with Crippen LogP contribution in [0.3, 0.4) is 0 Å². The largest absolute Gasteiger partial charge is 0.397 e. The number of hydrogen-bond acceptors (Lipinski definition) is 3. The zero-order valence-corrected chi connectivity index (χ0v) is 11.0. The molecule has 0 saturated carbocycles. The van der Waals surface area contributed by atoms with Crippen molar-refractivity contribution in [1.29, 1.82) is 0 Å². The first kappa shape index (κ1) is 12.3. The van der Waals surface area contributed by atoms with Gasteiger partial charge in [-0.1, -0.05) is 15.9 Å². The van der Waals surface area contributed by atoms with Crippen LogP contribution in [0.2, 0.25) is 0 Å². The zero-order chi connectivity index (χ0) is 11.4. The number of halogens is 1. The van der Waals surface area contributed by atoms with Gasteiger partial charge in [-0.25, -0.2) is 0 Å². The van der Waals surface area contributed by atoms with Crippen molar-refractivity contribution < 1.29 is 0 Å². The van der Waals surface area contributed by atoms with E-state index in [1.807, 2.05) is 18.2 Å². The molecule has 0 aromatic heterocycles. The quantitative estimate of drug-likeness (QED) is 0.827. The number of rotatable bonds is 4. The maximum atomic E-state index is 5.89. The Morgan fingerprint density at radius 3 is 2.67 bits per heavy atom. The summed E-state index contributed by atoms with van der Waals surface area (Å²) < 4.78 is 1.01. The number of nitrogen functional groups attached to an aromatic ring is 1. The minimum atomic E-state index is 0.378. The number of anilines is 2. The van der Waals surface area contributed by atoms with Crippen LogP contribution in [0.1, 0.15) is 6.92 Å². The van der Waals surface area contributed by atoms with Gasteiger partial charge in [-0.05, 0) is 39.2 Å². The Morgan fingerprint density at radius 1 is 1.47 bits per heavy atom. The van der Waals surface area contributed by atoms with E-state index < -0.39 is 0 Å². The molecule has 0 saturated heterocycles. The molecule has 0 spiro atoms. The van der Waals surface area contributed by atoms with E-state index in [1.165, 1.54) is 0 Å². The fraction of sp³-hybridized carbons (Fsp3) is 0.455. The van der Waals surface area contributed by atoms with E-state index in [9.17, 15) is 0 Å². The van der Waals surface area contributed by atoms with Crippen LogP contribution in [0.25, 0.3) is 0 Å². The Labute approximate surface area is 99.8 Å². The lowest BCUT2D eigenvalue weighted by molar-refractivity contribution is 0.392. The van der Waals surface area contributed by atoms with Gasteiger partial charge in [-0.2, -0.15) is 0 Å². The summed E-state index contributed by atoms with van der Waals surface area (Å²) in [6.07, 6.45) is 0. The van der Waals surface area contributed by atoms with Gasteiger partial charge in [0.05, 0.1) is 11.4 Å². The molecule has 1 aromatic carbocycles. The van der Waals surface area contributed by atoms with Crippen LogP contribution in [0.5, 0.6) is 0 Å². The van der Waals surface area contributed by atoms with E-state index in [0.29, 0.717) is 6.04 Å². The summed E-state index contributed by atoms with van der Waals surface area (Å²) in [5.41, 5.74) is 7.66. The first-order valence-electron chi connectivity index (χ1n) is 4.95. The molecule has 0 aliphatic rings. The summed E-state index contributed by atoms with van der Waals surface area (Å²) in [5, 5.41) is 3.38. The van der Waals surface area contributed by atoms with E-state index in [4.69, 9.17) is 5.73 Å². The van der Waals surface area contributed by atoms with Crippen LogP contribution >= 0.6 is 15.9 Å². The van der Waals surface area contributed by atoms with Crippen LogP contribution in [0.15, 0.2) is 22.7 Å². The third-order valence-corrected chi connectivity index (χ3v) is 2.55. The predicted octanol–water partition coefficient (Wildman–Crippen LogP) is 2.39. The molecule has 0 aliphatic heterocycles. The summed E-state index contributed by atoms with van der Waals surface area (Å²) in [7, 11) is 4.12. The molecule has 1 unspecified atom stereocenters. The van der Waals surface area contributed by atoms with Crippen molar-refractivity contribution >= 4 is 27.3 Å². The number of nitrogens with two attached hydrogens (primary N) is 1. The highest BCUT2D eigenvalue weighted by atomic mass is 79.9. The Bertz CT molecular complexity index is 326. The van der Waals surface area contributed by atoms with Gasteiger partial charge in [0.25, 0.3) is 0 Å². The fourth-order valence-electron chi connectivity index (χ4n) is 1.52. The Morgan fingerprint density at radius 2 is 2.13 bits per heavy atom. The highest BCUT2D eigenvalue weighted by Gasteiger charge is 2.05. The second-order valence-electron chi connectivity index (χ2n) is 4.04. The van der Waals surface area contributed by atoms with Crippen molar-refractivity contribution in [3.8, 4) is 0 Å². The maximum Gasteiger partial charge on any atom is 0.0577 e. The third kappa shape index (κ3) is 4.10. The van der Waals surface area contributed by atoms with Gasteiger partial charge >= 0.3 is 0 Å². The summed E-state index contributed by atoms with van der Waals surface area (Å²) in [6, 6.07) is 6.26. The maximum absolute atomic E-state index is 5.89. The molecule has 4 heteroatoms. The van der Waals surface area contributed by atoms with Crippen LogP contribution in [0.4, 0.5) is 11.4 Å². The fourth-order valence-corrected chi connectivity index (χ4v) is 1.90. The third-order valence-electron chi connectivity index (χ3n) is 2.05. The summed E-state index contributed by atoms with van der Waals surface area (Å²) >= 11 is 3.39. The van der Waals surface area contributed by atoms with Crippen LogP contribution in [0, 0.1) is 0 Å². The normalized spacial score (nSPS) is 12.9. The molecule has 84 valence electrons. The number of nitrogens with zero attached hydrogens (tertiary/aromatic N) is 1. The Balaban J connectivity index is 2.64. The van der Waals surface area contributed by atoms with E-state index in [0.717, 1.165) is 22.4 Å². The van der Waals surface area contributed by atoms with Gasteiger partial charge < -0.3 is 16.0 Å². The molecule has 3 nitrogen and oxygen atoms in total. The Hall–Kier alpha value is -0.740. The molecule has 0 radical (unpaired) electrons.